The Kier molecular flexibility index (Phi) is 4.43. The van der Waals surface area contributed by atoms with Gasteiger partial charge in [0.05, 0.1) is 11.6 Å². The van der Waals surface area contributed by atoms with Crippen LogP contribution < -0.4 is 10.2 Å². The number of carbonyl (C=O) groups is 1. The quantitative estimate of drug-likeness (QED) is 0.755. The molecule has 1 aliphatic heterocycles. The number of piperidine rings is 1. The van der Waals surface area contributed by atoms with Gasteiger partial charge in [-0.25, -0.2) is 4.98 Å². The van der Waals surface area contributed by atoms with Crippen molar-refractivity contribution in [2.75, 3.05) is 18.0 Å². The van der Waals surface area contributed by atoms with Crippen LogP contribution in [0.15, 0.2) is 36.7 Å². The molecule has 28 heavy (non-hydrogen) atoms. The molecule has 7 heteroatoms. The minimum absolute atomic E-state index is 0.0127. The summed E-state index contributed by atoms with van der Waals surface area (Å²) in [4.78, 5) is 24.1. The summed E-state index contributed by atoms with van der Waals surface area (Å²) in [6, 6.07) is 10.1. The number of amides is 1. The van der Waals surface area contributed by atoms with Crippen molar-refractivity contribution < 1.29 is 4.79 Å². The Bertz CT molecular complexity index is 999. The molecule has 3 aromatic rings. The lowest BCUT2D eigenvalue weighted by Crippen LogP contribution is -2.44. The van der Waals surface area contributed by atoms with E-state index in [0.29, 0.717) is 18.9 Å². The van der Waals surface area contributed by atoms with Crippen molar-refractivity contribution in [3.8, 4) is 0 Å². The molecule has 1 N–H and O–H groups in total. The molecule has 1 fully saturated rings. The van der Waals surface area contributed by atoms with Crippen LogP contribution in [-0.4, -0.2) is 38.6 Å². The number of carbonyl (C=O) groups excluding carboxylic acids is 1. The summed E-state index contributed by atoms with van der Waals surface area (Å²) >= 11 is 0. The molecular formula is C21H24N6O. The summed E-state index contributed by atoms with van der Waals surface area (Å²) < 4.78 is 1.86. The number of fused-ring (bicyclic) bond motifs is 2. The number of aromatic nitrogens is 4. The Morgan fingerprint density at radius 2 is 2.07 bits per heavy atom. The van der Waals surface area contributed by atoms with Gasteiger partial charge >= 0.3 is 0 Å². The highest BCUT2D eigenvalue weighted by molar-refractivity contribution is 5.79. The van der Waals surface area contributed by atoms with Gasteiger partial charge in [-0.15, -0.1) is 0 Å². The molecule has 0 bridgehead atoms. The zero-order valence-electron chi connectivity index (χ0n) is 15.8. The average Bonchev–Trinajstić information content (AvgIpc) is 3.40. The van der Waals surface area contributed by atoms with Gasteiger partial charge in [-0.3, -0.25) is 4.79 Å². The number of rotatable bonds is 4. The first-order valence-corrected chi connectivity index (χ1v) is 10.1. The first kappa shape index (κ1) is 17.2. The zero-order chi connectivity index (χ0) is 18.9. The van der Waals surface area contributed by atoms with E-state index in [1.54, 1.807) is 6.33 Å². The van der Waals surface area contributed by atoms with Crippen LogP contribution in [0.25, 0.3) is 5.78 Å². The van der Waals surface area contributed by atoms with E-state index in [2.05, 4.69) is 25.3 Å². The van der Waals surface area contributed by atoms with Crippen molar-refractivity contribution in [1.82, 2.24) is 24.9 Å². The molecule has 7 nitrogen and oxygen atoms in total. The molecule has 5 rings (SSSR count). The molecule has 2 aliphatic rings. The van der Waals surface area contributed by atoms with Crippen LogP contribution in [0.4, 0.5) is 5.82 Å². The Hall–Kier alpha value is -2.96. The molecule has 144 valence electrons. The van der Waals surface area contributed by atoms with Crippen molar-refractivity contribution >= 4 is 17.5 Å². The van der Waals surface area contributed by atoms with E-state index < -0.39 is 0 Å². The van der Waals surface area contributed by atoms with Crippen molar-refractivity contribution in [1.29, 1.82) is 0 Å². The number of aryl methyl sites for hydroxylation is 1. The molecule has 0 saturated carbocycles. The maximum Gasteiger partial charge on any atom is 0.254 e. The van der Waals surface area contributed by atoms with Gasteiger partial charge in [0.15, 0.2) is 0 Å². The van der Waals surface area contributed by atoms with E-state index in [0.717, 1.165) is 55.7 Å². The van der Waals surface area contributed by atoms with Crippen LogP contribution in [0.2, 0.25) is 0 Å². The maximum atomic E-state index is 12.8. The monoisotopic (exact) mass is 376 g/mol. The lowest BCUT2D eigenvalue weighted by atomic mass is 9.96. The fourth-order valence-corrected chi connectivity index (χ4v) is 4.44. The van der Waals surface area contributed by atoms with E-state index in [1.165, 1.54) is 5.56 Å². The normalized spacial score (nSPS) is 19.0. The third-order valence-electron chi connectivity index (χ3n) is 5.83. The number of anilines is 1. The van der Waals surface area contributed by atoms with Gasteiger partial charge in [0, 0.05) is 25.2 Å². The minimum atomic E-state index is -0.0127. The second-order valence-electron chi connectivity index (χ2n) is 7.67. The van der Waals surface area contributed by atoms with Crippen molar-refractivity contribution in [3.63, 3.8) is 0 Å². The van der Waals surface area contributed by atoms with Gasteiger partial charge in [0.1, 0.15) is 12.1 Å². The fourth-order valence-electron chi connectivity index (χ4n) is 4.44. The van der Waals surface area contributed by atoms with Crippen molar-refractivity contribution in [2.45, 2.75) is 38.6 Å². The molecule has 0 radical (unpaired) electrons. The second-order valence-corrected chi connectivity index (χ2v) is 7.67. The highest BCUT2D eigenvalue weighted by Crippen LogP contribution is 2.33. The molecule has 3 heterocycles. The third kappa shape index (κ3) is 3.10. The van der Waals surface area contributed by atoms with Crippen LogP contribution in [0.1, 0.15) is 36.1 Å². The van der Waals surface area contributed by atoms with Crippen LogP contribution in [0, 0.1) is 5.92 Å². The molecule has 1 aromatic carbocycles. The van der Waals surface area contributed by atoms with E-state index in [1.807, 2.05) is 34.8 Å². The number of nitrogens with one attached hydrogen (secondary N) is 1. The smallest absolute Gasteiger partial charge is 0.254 e. The first-order valence-electron chi connectivity index (χ1n) is 10.1. The molecule has 0 spiro atoms. The van der Waals surface area contributed by atoms with Crippen molar-refractivity contribution in [2.24, 2.45) is 5.92 Å². The van der Waals surface area contributed by atoms with E-state index in [9.17, 15) is 4.79 Å². The molecule has 1 aliphatic carbocycles. The van der Waals surface area contributed by atoms with E-state index in [4.69, 9.17) is 0 Å². The van der Waals surface area contributed by atoms with Crippen LogP contribution in [-0.2, 0) is 24.2 Å². The van der Waals surface area contributed by atoms with Gasteiger partial charge < -0.3 is 10.2 Å². The first-order chi connectivity index (χ1) is 13.8. The number of hydrogen-bond donors (Lipinski definition) is 1. The number of hydrogen-bond acceptors (Lipinski definition) is 5. The standard InChI is InChI=1S/C21H24N6O/c28-19(22-12-15-6-2-1-3-7-15)16-8-5-11-26(13-16)20-17-9-4-10-18(17)25-21-23-14-24-27(20)21/h1-3,6-7,14,16H,4-5,8-13H2,(H,22,28)/t16-/m1/s1. The van der Waals surface area contributed by atoms with Crippen LogP contribution >= 0.6 is 0 Å². The minimum Gasteiger partial charge on any atom is -0.355 e. The van der Waals surface area contributed by atoms with Gasteiger partial charge in [0.25, 0.3) is 5.78 Å². The van der Waals surface area contributed by atoms with Crippen LogP contribution in [0.3, 0.4) is 0 Å². The largest absolute Gasteiger partial charge is 0.355 e. The number of nitrogens with zero attached hydrogens (tertiary/aromatic N) is 5. The van der Waals surface area contributed by atoms with E-state index in [-0.39, 0.29) is 11.8 Å². The predicted molar refractivity (Wildman–Crippen MR) is 106 cm³/mol. The summed E-state index contributed by atoms with van der Waals surface area (Å²) in [5, 5.41) is 7.53. The molecule has 2 aromatic heterocycles. The Labute approximate surface area is 163 Å². The molecule has 1 atom stereocenters. The van der Waals surface area contributed by atoms with Crippen LogP contribution in [0.5, 0.6) is 0 Å². The van der Waals surface area contributed by atoms with Gasteiger partial charge in [-0.05, 0) is 37.7 Å². The lowest BCUT2D eigenvalue weighted by molar-refractivity contribution is -0.125. The summed E-state index contributed by atoms with van der Waals surface area (Å²) in [6.45, 7) is 2.23. The maximum absolute atomic E-state index is 12.8. The highest BCUT2D eigenvalue weighted by atomic mass is 16.1. The summed E-state index contributed by atoms with van der Waals surface area (Å²) in [6.07, 6.45) is 6.63. The predicted octanol–water partition coefficient (Wildman–Crippen LogP) is 2.15. The van der Waals surface area contributed by atoms with E-state index >= 15 is 0 Å². The summed E-state index contributed by atoms with van der Waals surface area (Å²) in [7, 11) is 0. The molecule has 1 amide bonds. The average molecular weight is 376 g/mol. The van der Waals surface area contributed by atoms with Gasteiger partial charge in [-0.1, -0.05) is 30.3 Å². The summed E-state index contributed by atoms with van der Waals surface area (Å²) in [5.41, 5.74) is 3.55. The number of benzene rings is 1. The topological polar surface area (TPSA) is 75.4 Å². The lowest BCUT2D eigenvalue weighted by Gasteiger charge is -2.34. The molecule has 1 saturated heterocycles. The van der Waals surface area contributed by atoms with Gasteiger partial charge in [0.2, 0.25) is 5.91 Å². The SMILES string of the molecule is O=C(NCc1ccccc1)[C@@H]1CCCN(c2c3c(nc4ncnn24)CCC3)C1. The highest BCUT2D eigenvalue weighted by Gasteiger charge is 2.31. The Morgan fingerprint density at radius 1 is 1.18 bits per heavy atom. The molecular weight excluding hydrogens is 352 g/mol. The Balaban J connectivity index is 1.36. The fraction of sp³-hybridized carbons (Fsp3) is 0.429. The Morgan fingerprint density at radius 3 is 2.96 bits per heavy atom. The van der Waals surface area contributed by atoms with Crippen molar-refractivity contribution in [3.05, 3.63) is 53.5 Å². The summed E-state index contributed by atoms with van der Waals surface area (Å²) in [5.74, 6) is 1.87. The van der Waals surface area contributed by atoms with Gasteiger partial charge in [-0.2, -0.15) is 14.6 Å². The zero-order valence-corrected chi connectivity index (χ0v) is 15.8. The second kappa shape index (κ2) is 7.22. The third-order valence-corrected chi connectivity index (χ3v) is 5.83. The molecule has 0 unspecified atom stereocenters.